The van der Waals surface area contributed by atoms with Crippen LogP contribution in [0.15, 0.2) is 23.3 Å². The molecule has 0 radical (unpaired) electrons. The molecule has 1 rings (SSSR count). The number of hydrogen-bond donors (Lipinski definition) is 4. The van der Waals surface area contributed by atoms with Crippen LogP contribution in [0.5, 0.6) is 11.5 Å². The Kier molecular flexibility index (Phi) is 3.12. The van der Waals surface area contributed by atoms with E-state index in [9.17, 15) is 9.90 Å². The first-order valence-electron chi connectivity index (χ1n) is 4.13. The van der Waals surface area contributed by atoms with E-state index in [0.717, 1.165) is 0 Å². The summed E-state index contributed by atoms with van der Waals surface area (Å²) in [7, 11) is 0. The first-order chi connectivity index (χ1) is 7.00. The molecule has 0 aliphatic rings. The van der Waals surface area contributed by atoms with Crippen LogP contribution in [0.4, 0.5) is 4.79 Å². The topological polar surface area (TPSA) is 108 Å². The third-order valence-electron chi connectivity index (χ3n) is 1.70. The van der Waals surface area contributed by atoms with Gasteiger partial charge in [-0.25, -0.2) is 10.2 Å². The van der Waals surface area contributed by atoms with Crippen molar-refractivity contribution in [1.82, 2.24) is 5.43 Å². The smallest absolute Gasteiger partial charge is 0.332 e. The van der Waals surface area contributed by atoms with Crippen LogP contribution >= 0.6 is 0 Å². The maximum atomic E-state index is 10.4. The van der Waals surface area contributed by atoms with Crippen molar-refractivity contribution in [2.45, 2.75) is 6.92 Å². The Balaban J connectivity index is 2.95. The molecular weight excluding hydrogens is 198 g/mol. The fraction of sp³-hybridized carbons (Fsp3) is 0.111. The number of nitrogens with one attached hydrogen (secondary N) is 1. The number of carbonyl (C=O) groups is 1. The first-order valence-corrected chi connectivity index (χ1v) is 4.13. The van der Waals surface area contributed by atoms with Gasteiger partial charge in [0.2, 0.25) is 0 Å². The van der Waals surface area contributed by atoms with Crippen LogP contribution in [0.3, 0.4) is 0 Å². The van der Waals surface area contributed by atoms with Gasteiger partial charge < -0.3 is 15.9 Å². The normalized spacial score (nSPS) is 11.1. The third-order valence-corrected chi connectivity index (χ3v) is 1.70. The fourth-order valence-corrected chi connectivity index (χ4v) is 1.03. The highest BCUT2D eigenvalue weighted by molar-refractivity contribution is 6.01. The molecule has 0 bridgehead atoms. The maximum absolute atomic E-state index is 10.4. The highest BCUT2D eigenvalue weighted by Gasteiger charge is 2.05. The summed E-state index contributed by atoms with van der Waals surface area (Å²) in [6.07, 6.45) is 0. The average molecular weight is 209 g/mol. The zero-order valence-corrected chi connectivity index (χ0v) is 8.06. The van der Waals surface area contributed by atoms with Gasteiger partial charge >= 0.3 is 6.03 Å². The van der Waals surface area contributed by atoms with Crippen LogP contribution in [0, 0.1) is 0 Å². The van der Waals surface area contributed by atoms with Crippen LogP contribution in [-0.2, 0) is 0 Å². The number of amides is 2. The summed E-state index contributed by atoms with van der Waals surface area (Å²) < 4.78 is 0. The lowest BCUT2D eigenvalue weighted by molar-refractivity contribution is 0.249. The number of hydrazone groups is 1. The van der Waals surface area contributed by atoms with E-state index in [1.807, 2.05) is 5.43 Å². The minimum atomic E-state index is -0.785. The molecule has 2 amide bonds. The molecule has 1 aromatic rings. The standard InChI is InChI=1S/C9H11N3O3/c1-5(11-12-9(10)15)7-3-2-6(13)4-8(7)14/h2-4,13-14H,1H3,(H3,10,12,15)/b11-5-. The van der Waals surface area contributed by atoms with E-state index in [1.54, 1.807) is 6.92 Å². The molecule has 0 saturated carbocycles. The molecule has 0 atom stereocenters. The van der Waals surface area contributed by atoms with Crippen LogP contribution in [-0.4, -0.2) is 22.0 Å². The van der Waals surface area contributed by atoms with E-state index >= 15 is 0 Å². The lowest BCUT2D eigenvalue weighted by Crippen LogP contribution is -2.25. The van der Waals surface area contributed by atoms with E-state index in [2.05, 4.69) is 5.10 Å². The number of urea groups is 1. The zero-order valence-electron chi connectivity index (χ0n) is 8.06. The Hall–Kier alpha value is -2.24. The monoisotopic (exact) mass is 209 g/mol. The molecule has 6 nitrogen and oxygen atoms in total. The Morgan fingerprint density at radius 1 is 1.47 bits per heavy atom. The van der Waals surface area contributed by atoms with E-state index in [4.69, 9.17) is 10.8 Å². The SMILES string of the molecule is C/C(=N/NC(N)=O)c1ccc(O)cc1O. The van der Waals surface area contributed by atoms with Gasteiger partial charge in [0.15, 0.2) is 0 Å². The Labute approximate surface area is 86.0 Å². The van der Waals surface area contributed by atoms with Gasteiger partial charge in [-0.05, 0) is 19.1 Å². The molecule has 5 N–H and O–H groups in total. The van der Waals surface area contributed by atoms with E-state index < -0.39 is 6.03 Å². The molecule has 0 unspecified atom stereocenters. The number of benzene rings is 1. The number of aromatic hydroxyl groups is 2. The predicted molar refractivity (Wildman–Crippen MR) is 54.7 cm³/mol. The summed E-state index contributed by atoms with van der Waals surface area (Å²) in [5.74, 6) is -0.172. The van der Waals surface area contributed by atoms with Gasteiger partial charge in [-0.1, -0.05) is 0 Å². The first kappa shape index (κ1) is 10.8. The van der Waals surface area contributed by atoms with Crippen LogP contribution in [0.1, 0.15) is 12.5 Å². The second-order valence-corrected chi connectivity index (χ2v) is 2.87. The summed E-state index contributed by atoms with van der Waals surface area (Å²) in [5.41, 5.74) is 7.65. The van der Waals surface area contributed by atoms with Crippen molar-refractivity contribution in [3.05, 3.63) is 23.8 Å². The van der Waals surface area contributed by atoms with Gasteiger partial charge in [-0.15, -0.1) is 0 Å². The van der Waals surface area contributed by atoms with Crippen molar-refractivity contribution >= 4 is 11.7 Å². The van der Waals surface area contributed by atoms with Crippen molar-refractivity contribution in [3.63, 3.8) is 0 Å². The van der Waals surface area contributed by atoms with Gasteiger partial charge in [0.1, 0.15) is 11.5 Å². The van der Waals surface area contributed by atoms with Gasteiger partial charge in [-0.3, -0.25) is 0 Å². The summed E-state index contributed by atoms with van der Waals surface area (Å²) in [6, 6.07) is 3.27. The predicted octanol–water partition coefficient (Wildman–Crippen LogP) is 0.490. The van der Waals surface area contributed by atoms with Crippen molar-refractivity contribution in [2.24, 2.45) is 10.8 Å². The number of phenolic OH excluding ortho intramolecular Hbond substituents is 2. The minimum Gasteiger partial charge on any atom is -0.508 e. The molecule has 0 spiro atoms. The Bertz CT molecular complexity index is 415. The van der Waals surface area contributed by atoms with Gasteiger partial charge in [0.25, 0.3) is 0 Å². The molecular formula is C9H11N3O3. The summed E-state index contributed by atoms with van der Waals surface area (Å²) in [6.45, 7) is 1.59. The van der Waals surface area contributed by atoms with Crippen LogP contribution < -0.4 is 11.2 Å². The third kappa shape index (κ3) is 2.87. The lowest BCUT2D eigenvalue weighted by Gasteiger charge is -2.04. The molecule has 15 heavy (non-hydrogen) atoms. The summed E-state index contributed by atoms with van der Waals surface area (Å²) in [4.78, 5) is 10.4. The number of nitrogens with zero attached hydrogens (tertiary/aromatic N) is 1. The molecule has 0 aromatic heterocycles. The van der Waals surface area contributed by atoms with E-state index in [-0.39, 0.29) is 11.5 Å². The number of primary amides is 1. The van der Waals surface area contributed by atoms with Crippen molar-refractivity contribution < 1.29 is 15.0 Å². The van der Waals surface area contributed by atoms with Crippen molar-refractivity contribution in [1.29, 1.82) is 0 Å². The second kappa shape index (κ2) is 4.32. The minimum absolute atomic E-state index is 0.0492. The van der Waals surface area contributed by atoms with E-state index in [0.29, 0.717) is 11.3 Å². The number of rotatable bonds is 2. The fourth-order valence-electron chi connectivity index (χ4n) is 1.03. The van der Waals surface area contributed by atoms with Gasteiger partial charge in [0, 0.05) is 11.6 Å². The van der Waals surface area contributed by atoms with Crippen LogP contribution in [0.2, 0.25) is 0 Å². The molecule has 0 saturated heterocycles. The molecule has 0 heterocycles. The molecule has 6 heteroatoms. The van der Waals surface area contributed by atoms with E-state index in [1.165, 1.54) is 18.2 Å². The molecule has 0 fully saturated rings. The highest BCUT2D eigenvalue weighted by Crippen LogP contribution is 2.22. The largest absolute Gasteiger partial charge is 0.508 e. The molecule has 80 valence electrons. The number of carbonyl (C=O) groups excluding carboxylic acids is 1. The quantitative estimate of drug-likeness (QED) is 0.420. The van der Waals surface area contributed by atoms with Crippen molar-refractivity contribution in [2.75, 3.05) is 0 Å². The van der Waals surface area contributed by atoms with Crippen LogP contribution in [0.25, 0.3) is 0 Å². The zero-order chi connectivity index (χ0) is 11.4. The Morgan fingerprint density at radius 2 is 2.13 bits per heavy atom. The molecule has 1 aromatic carbocycles. The highest BCUT2D eigenvalue weighted by atomic mass is 16.3. The van der Waals surface area contributed by atoms with Gasteiger partial charge in [0.05, 0.1) is 5.71 Å². The average Bonchev–Trinajstić information content (AvgIpc) is 2.14. The van der Waals surface area contributed by atoms with Crippen molar-refractivity contribution in [3.8, 4) is 11.5 Å². The lowest BCUT2D eigenvalue weighted by atomic mass is 10.1. The maximum Gasteiger partial charge on any atom is 0.332 e. The Morgan fingerprint density at radius 3 is 2.67 bits per heavy atom. The summed E-state index contributed by atoms with van der Waals surface area (Å²) >= 11 is 0. The van der Waals surface area contributed by atoms with Gasteiger partial charge in [-0.2, -0.15) is 5.10 Å². The number of hydrogen-bond acceptors (Lipinski definition) is 4. The summed E-state index contributed by atoms with van der Waals surface area (Å²) in [5, 5.41) is 22.1. The number of phenols is 2. The number of nitrogens with two attached hydrogens (primary N) is 1. The molecule has 0 aliphatic carbocycles. The second-order valence-electron chi connectivity index (χ2n) is 2.87. The molecule has 0 aliphatic heterocycles.